The number of nitrogens with zero attached hydrogens (tertiary/aromatic N) is 1. The van der Waals surface area contributed by atoms with E-state index >= 15 is 0 Å². The Morgan fingerprint density at radius 2 is 1.86 bits per heavy atom. The van der Waals surface area contributed by atoms with Gasteiger partial charge in [0.1, 0.15) is 0 Å². The summed E-state index contributed by atoms with van der Waals surface area (Å²) in [5.41, 5.74) is 3.11. The molecule has 3 rings (SSSR count). The van der Waals surface area contributed by atoms with Gasteiger partial charge in [-0.2, -0.15) is 0 Å². The molecule has 0 aliphatic carbocycles. The molecule has 1 aromatic heterocycles. The summed E-state index contributed by atoms with van der Waals surface area (Å²) in [6, 6.07) is 16.6. The second kappa shape index (κ2) is 6.03. The number of hydrogen-bond donors (Lipinski definition) is 2. The SMILES string of the molecule is Cc1ccc(Cl)cc1Nc1nc(-c2ccccc2)cc(=O)[nH]1. The number of halogens is 1. The maximum atomic E-state index is 11.9. The van der Waals surface area contributed by atoms with E-state index in [1.807, 2.05) is 49.4 Å². The second-order valence-electron chi connectivity index (χ2n) is 4.93. The number of aryl methyl sites for hydroxylation is 1. The number of nitrogens with one attached hydrogen (secondary N) is 2. The van der Waals surface area contributed by atoms with E-state index in [1.165, 1.54) is 6.07 Å². The lowest BCUT2D eigenvalue weighted by molar-refractivity contribution is 1.12. The molecule has 0 aliphatic heterocycles. The van der Waals surface area contributed by atoms with Gasteiger partial charge in [-0.05, 0) is 24.6 Å². The molecular weight excluding hydrogens is 298 g/mol. The fraction of sp³-hybridized carbons (Fsp3) is 0.0588. The van der Waals surface area contributed by atoms with Crippen molar-refractivity contribution in [2.45, 2.75) is 6.92 Å². The second-order valence-corrected chi connectivity index (χ2v) is 5.37. The van der Waals surface area contributed by atoms with Gasteiger partial charge in [0.05, 0.1) is 5.69 Å². The van der Waals surface area contributed by atoms with E-state index in [1.54, 1.807) is 6.07 Å². The van der Waals surface area contributed by atoms with E-state index in [9.17, 15) is 4.79 Å². The van der Waals surface area contributed by atoms with Gasteiger partial charge in [-0.1, -0.05) is 48.0 Å². The Bertz CT molecular complexity index is 859. The molecule has 0 atom stereocenters. The van der Waals surface area contributed by atoms with E-state index in [0.717, 1.165) is 16.8 Å². The minimum atomic E-state index is -0.212. The number of rotatable bonds is 3. The van der Waals surface area contributed by atoms with Gasteiger partial charge >= 0.3 is 0 Å². The largest absolute Gasteiger partial charge is 0.325 e. The highest BCUT2D eigenvalue weighted by Gasteiger charge is 2.06. The molecule has 0 saturated carbocycles. The van der Waals surface area contributed by atoms with Gasteiger partial charge in [-0.15, -0.1) is 0 Å². The first-order chi connectivity index (χ1) is 10.6. The van der Waals surface area contributed by atoms with Crippen molar-refractivity contribution in [3.63, 3.8) is 0 Å². The number of hydrogen-bond acceptors (Lipinski definition) is 3. The molecule has 3 aromatic rings. The summed E-state index contributed by atoms with van der Waals surface area (Å²) in [4.78, 5) is 19.0. The minimum absolute atomic E-state index is 0.212. The summed E-state index contributed by atoms with van der Waals surface area (Å²) in [6.45, 7) is 1.96. The highest BCUT2D eigenvalue weighted by Crippen LogP contribution is 2.23. The van der Waals surface area contributed by atoms with Gasteiger partial charge in [-0.3, -0.25) is 9.78 Å². The molecule has 0 bridgehead atoms. The summed E-state index contributed by atoms with van der Waals surface area (Å²) in [7, 11) is 0. The molecule has 22 heavy (non-hydrogen) atoms. The van der Waals surface area contributed by atoms with Crippen LogP contribution in [0.1, 0.15) is 5.56 Å². The fourth-order valence-corrected chi connectivity index (χ4v) is 2.30. The number of aromatic amines is 1. The average Bonchev–Trinajstić information content (AvgIpc) is 2.51. The van der Waals surface area contributed by atoms with Crippen molar-refractivity contribution in [2.75, 3.05) is 5.32 Å². The van der Waals surface area contributed by atoms with Crippen LogP contribution in [0.15, 0.2) is 59.4 Å². The van der Waals surface area contributed by atoms with Crippen LogP contribution in [0.3, 0.4) is 0 Å². The molecule has 2 N–H and O–H groups in total. The molecule has 2 aromatic carbocycles. The maximum absolute atomic E-state index is 11.9. The molecule has 4 nitrogen and oxygen atoms in total. The number of aromatic nitrogens is 2. The molecule has 0 fully saturated rings. The van der Waals surface area contributed by atoms with Crippen molar-refractivity contribution in [3.8, 4) is 11.3 Å². The zero-order valence-corrected chi connectivity index (χ0v) is 12.7. The molecular formula is C17H14ClN3O. The molecule has 0 amide bonds. The van der Waals surface area contributed by atoms with Gasteiger partial charge in [0, 0.05) is 22.3 Å². The van der Waals surface area contributed by atoms with Gasteiger partial charge in [0.2, 0.25) is 5.95 Å². The Morgan fingerprint density at radius 1 is 1.09 bits per heavy atom. The quantitative estimate of drug-likeness (QED) is 0.764. The molecule has 0 aliphatic rings. The number of benzene rings is 2. The summed E-state index contributed by atoms with van der Waals surface area (Å²) >= 11 is 6.01. The summed E-state index contributed by atoms with van der Waals surface area (Å²) < 4.78 is 0. The van der Waals surface area contributed by atoms with Crippen LogP contribution in [0.25, 0.3) is 11.3 Å². The standard InChI is InChI=1S/C17H14ClN3O/c1-11-7-8-13(18)9-14(11)19-17-20-15(10-16(22)21-17)12-5-3-2-4-6-12/h2-10H,1H3,(H2,19,20,21,22). The Kier molecular flexibility index (Phi) is 3.94. The van der Waals surface area contributed by atoms with Crippen LogP contribution in [0.4, 0.5) is 11.6 Å². The minimum Gasteiger partial charge on any atom is -0.325 e. The number of H-pyrrole nitrogens is 1. The summed E-state index contributed by atoms with van der Waals surface area (Å²) in [5, 5.41) is 3.73. The van der Waals surface area contributed by atoms with E-state index in [4.69, 9.17) is 11.6 Å². The molecule has 110 valence electrons. The number of anilines is 2. The Hall–Kier alpha value is -2.59. The maximum Gasteiger partial charge on any atom is 0.252 e. The van der Waals surface area contributed by atoms with Gasteiger partial charge < -0.3 is 5.32 Å². The predicted molar refractivity (Wildman–Crippen MR) is 89.8 cm³/mol. The molecule has 0 radical (unpaired) electrons. The highest BCUT2D eigenvalue weighted by molar-refractivity contribution is 6.30. The van der Waals surface area contributed by atoms with Crippen molar-refractivity contribution < 1.29 is 0 Å². The smallest absolute Gasteiger partial charge is 0.252 e. The normalized spacial score (nSPS) is 10.5. The summed E-state index contributed by atoms with van der Waals surface area (Å²) in [6.07, 6.45) is 0. The predicted octanol–water partition coefficient (Wildman–Crippen LogP) is 4.14. The Morgan fingerprint density at radius 3 is 2.64 bits per heavy atom. The van der Waals surface area contributed by atoms with E-state index in [0.29, 0.717) is 16.7 Å². The van der Waals surface area contributed by atoms with Crippen LogP contribution < -0.4 is 10.9 Å². The van der Waals surface area contributed by atoms with Gasteiger partial charge in [0.15, 0.2) is 0 Å². The first kappa shape index (κ1) is 14.4. The van der Waals surface area contributed by atoms with Crippen LogP contribution in [0.2, 0.25) is 5.02 Å². The van der Waals surface area contributed by atoms with Crippen molar-refractivity contribution in [1.29, 1.82) is 0 Å². The first-order valence-electron chi connectivity index (χ1n) is 6.82. The zero-order valence-electron chi connectivity index (χ0n) is 11.9. The first-order valence-corrected chi connectivity index (χ1v) is 7.19. The monoisotopic (exact) mass is 311 g/mol. The third-order valence-electron chi connectivity index (χ3n) is 3.26. The molecule has 5 heteroatoms. The van der Waals surface area contributed by atoms with Crippen LogP contribution in [0.5, 0.6) is 0 Å². The van der Waals surface area contributed by atoms with Gasteiger partial charge in [-0.25, -0.2) is 4.98 Å². The van der Waals surface area contributed by atoms with Crippen molar-refractivity contribution >= 4 is 23.2 Å². The topological polar surface area (TPSA) is 57.8 Å². The van der Waals surface area contributed by atoms with Crippen molar-refractivity contribution in [3.05, 3.63) is 75.5 Å². The lowest BCUT2D eigenvalue weighted by Gasteiger charge is -2.10. The van der Waals surface area contributed by atoms with E-state index in [-0.39, 0.29) is 5.56 Å². The van der Waals surface area contributed by atoms with Crippen molar-refractivity contribution in [1.82, 2.24) is 9.97 Å². The Balaban J connectivity index is 2.00. The summed E-state index contributed by atoms with van der Waals surface area (Å²) in [5.74, 6) is 0.386. The lowest BCUT2D eigenvalue weighted by Crippen LogP contribution is -2.10. The average molecular weight is 312 g/mol. The van der Waals surface area contributed by atoms with Crippen LogP contribution in [0, 0.1) is 6.92 Å². The van der Waals surface area contributed by atoms with Crippen LogP contribution >= 0.6 is 11.6 Å². The van der Waals surface area contributed by atoms with Crippen LogP contribution in [-0.2, 0) is 0 Å². The Labute approximate surface area is 132 Å². The fourth-order valence-electron chi connectivity index (χ4n) is 2.13. The van der Waals surface area contributed by atoms with E-state index < -0.39 is 0 Å². The lowest BCUT2D eigenvalue weighted by atomic mass is 10.1. The molecule has 0 spiro atoms. The third kappa shape index (κ3) is 3.18. The molecule has 0 saturated heterocycles. The van der Waals surface area contributed by atoms with Gasteiger partial charge in [0.25, 0.3) is 5.56 Å². The third-order valence-corrected chi connectivity index (χ3v) is 3.50. The van der Waals surface area contributed by atoms with Crippen LogP contribution in [-0.4, -0.2) is 9.97 Å². The van der Waals surface area contributed by atoms with Crippen molar-refractivity contribution in [2.24, 2.45) is 0 Å². The molecule has 1 heterocycles. The highest BCUT2D eigenvalue weighted by atomic mass is 35.5. The van der Waals surface area contributed by atoms with E-state index in [2.05, 4.69) is 15.3 Å². The zero-order chi connectivity index (χ0) is 15.5. The molecule has 0 unspecified atom stereocenters.